The lowest BCUT2D eigenvalue weighted by atomic mass is 10.3. The van der Waals surface area contributed by atoms with E-state index in [0.717, 1.165) is 0 Å². The Morgan fingerprint density at radius 1 is 1.44 bits per heavy atom. The topological polar surface area (TPSA) is 55.8 Å². The highest BCUT2D eigenvalue weighted by Crippen LogP contribution is 2.39. The summed E-state index contributed by atoms with van der Waals surface area (Å²) in [7, 11) is 1.41. The van der Waals surface area contributed by atoms with Crippen molar-refractivity contribution in [1.82, 2.24) is 0 Å². The molecule has 0 saturated heterocycles. The summed E-state index contributed by atoms with van der Waals surface area (Å²) in [4.78, 5) is 10.6. The van der Waals surface area contributed by atoms with E-state index >= 15 is 0 Å². The van der Waals surface area contributed by atoms with Gasteiger partial charge in [0.15, 0.2) is 11.9 Å². The smallest absolute Gasteiger partial charge is 0.344 e. The second-order valence-electron chi connectivity index (χ2n) is 2.99. The number of methoxy groups -OCH3 is 1. The van der Waals surface area contributed by atoms with E-state index < -0.39 is 12.1 Å². The summed E-state index contributed by atoms with van der Waals surface area (Å²) < 4.78 is 10.1. The van der Waals surface area contributed by atoms with E-state index in [1.807, 2.05) is 0 Å². The monoisotopic (exact) mass is 264 g/mol. The van der Waals surface area contributed by atoms with Gasteiger partial charge in [0.05, 0.1) is 12.1 Å². The number of hydrogen-bond acceptors (Lipinski definition) is 3. The number of carbonyl (C=O) groups is 1. The lowest BCUT2D eigenvalue weighted by molar-refractivity contribution is -0.144. The molecule has 0 spiro atoms. The second kappa shape index (κ2) is 5.27. The quantitative estimate of drug-likeness (QED) is 0.909. The predicted molar refractivity (Wildman–Crippen MR) is 60.7 cm³/mol. The van der Waals surface area contributed by atoms with Crippen LogP contribution >= 0.6 is 23.2 Å². The van der Waals surface area contributed by atoms with Crippen LogP contribution in [0.5, 0.6) is 11.5 Å². The van der Waals surface area contributed by atoms with Gasteiger partial charge in [-0.3, -0.25) is 0 Å². The summed E-state index contributed by atoms with van der Waals surface area (Å²) in [5, 5.41) is 9.18. The Balaban J connectivity index is 3.02. The molecule has 0 aliphatic heterocycles. The van der Waals surface area contributed by atoms with Crippen LogP contribution in [0.1, 0.15) is 6.92 Å². The molecule has 1 N–H and O–H groups in total. The van der Waals surface area contributed by atoms with E-state index in [0.29, 0.717) is 5.02 Å². The Hall–Kier alpha value is -1.13. The predicted octanol–water partition coefficient (Wildman–Crippen LogP) is 2.85. The fourth-order valence-corrected chi connectivity index (χ4v) is 1.60. The summed E-state index contributed by atoms with van der Waals surface area (Å²) in [5.74, 6) is -0.596. The number of hydrogen-bond donors (Lipinski definition) is 1. The zero-order chi connectivity index (χ0) is 12.3. The second-order valence-corrected chi connectivity index (χ2v) is 3.78. The van der Waals surface area contributed by atoms with Crippen LogP contribution in [-0.2, 0) is 4.79 Å². The number of benzene rings is 1. The lowest BCUT2D eigenvalue weighted by Gasteiger charge is -2.14. The molecule has 6 heteroatoms. The van der Waals surface area contributed by atoms with Crippen molar-refractivity contribution in [3.63, 3.8) is 0 Å². The number of ether oxygens (including phenoxy) is 2. The summed E-state index contributed by atoms with van der Waals surface area (Å²) >= 11 is 11.8. The van der Waals surface area contributed by atoms with Gasteiger partial charge in [-0.1, -0.05) is 23.2 Å². The van der Waals surface area contributed by atoms with Crippen LogP contribution in [0.2, 0.25) is 10.0 Å². The van der Waals surface area contributed by atoms with Crippen molar-refractivity contribution in [2.45, 2.75) is 13.0 Å². The van der Waals surface area contributed by atoms with Crippen molar-refractivity contribution >= 4 is 29.2 Å². The first-order valence-electron chi connectivity index (χ1n) is 4.38. The Labute approximate surface area is 103 Å². The van der Waals surface area contributed by atoms with Crippen molar-refractivity contribution in [2.24, 2.45) is 0 Å². The molecule has 1 rings (SSSR count). The van der Waals surface area contributed by atoms with Crippen LogP contribution in [0, 0.1) is 0 Å². The molecule has 4 nitrogen and oxygen atoms in total. The maximum absolute atomic E-state index is 10.6. The average molecular weight is 265 g/mol. The molecule has 0 fully saturated rings. The van der Waals surface area contributed by atoms with Crippen molar-refractivity contribution in [2.75, 3.05) is 7.11 Å². The first-order valence-corrected chi connectivity index (χ1v) is 5.14. The van der Waals surface area contributed by atoms with Gasteiger partial charge in [0.1, 0.15) is 10.8 Å². The number of carboxylic acid groups (broad SMARTS) is 1. The summed E-state index contributed by atoms with van der Waals surface area (Å²) in [6, 6.07) is 3.02. The van der Waals surface area contributed by atoms with Gasteiger partial charge in [0.2, 0.25) is 0 Å². The highest BCUT2D eigenvalue weighted by atomic mass is 35.5. The van der Waals surface area contributed by atoms with Crippen LogP contribution < -0.4 is 9.47 Å². The van der Waals surface area contributed by atoms with Crippen molar-refractivity contribution in [3.8, 4) is 11.5 Å². The molecule has 0 aromatic heterocycles. The van der Waals surface area contributed by atoms with Crippen LogP contribution in [-0.4, -0.2) is 24.3 Å². The van der Waals surface area contributed by atoms with E-state index in [-0.39, 0.29) is 16.5 Å². The average Bonchev–Trinajstić information content (AvgIpc) is 2.22. The maximum atomic E-state index is 10.6. The van der Waals surface area contributed by atoms with Gasteiger partial charge in [-0.2, -0.15) is 0 Å². The molecule has 1 aromatic rings. The standard InChI is InChI=1S/C10H10Cl2O4/c1-5(10(13)14)16-7-4-3-6(11)9(15-2)8(7)12/h3-5H,1-2H3,(H,13,14)/t5-/m0/s1. The summed E-state index contributed by atoms with van der Waals surface area (Å²) in [6.07, 6.45) is -0.997. The van der Waals surface area contributed by atoms with Gasteiger partial charge in [-0.15, -0.1) is 0 Å². The van der Waals surface area contributed by atoms with Crippen LogP contribution in [0.25, 0.3) is 0 Å². The molecule has 0 heterocycles. The molecule has 0 radical (unpaired) electrons. The van der Waals surface area contributed by atoms with Gasteiger partial charge >= 0.3 is 5.97 Å². The molecule has 88 valence electrons. The van der Waals surface area contributed by atoms with Crippen LogP contribution in [0.3, 0.4) is 0 Å². The van der Waals surface area contributed by atoms with Gasteiger partial charge in [-0.25, -0.2) is 4.79 Å². The fourth-order valence-electron chi connectivity index (χ4n) is 1.03. The zero-order valence-corrected chi connectivity index (χ0v) is 10.2. The van der Waals surface area contributed by atoms with E-state index in [1.54, 1.807) is 0 Å². The SMILES string of the molecule is COc1c(Cl)ccc(O[C@@H](C)C(=O)O)c1Cl. The Morgan fingerprint density at radius 2 is 2.06 bits per heavy atom. The van der Waals surface area contributed by atoms with Gasteiger partial charge < -0.3 is 14.6 Å². The van der Waals surface area contributed by atoms with Crippen molar-refractivity contribution in [3.05, 3.63) is 22.2 Å². The van der Waals surface area contributed by atoms with Gasteiger partial charge in [-0.05, 0) is 19.1 Å². The van der Waals surface area contributed by atoms with Crippen molar-refractivity contribution < 1.29 is 19.4 Å². The maximum Gasteiger partial charge on any atom is 0.344 e. The first-order chi connectivity index (χ1) is 7.47. The van der Waals surface area contributed by atoms with Gasteiger partial charge in [0.25, 0.3) is 0 Å². The fraction of sp³-hybridized carbons (Fsp3) is 0.300. The van der Waals surface area contributed by atoms with Crippen LogP contribution in [0.15, 0.2) is 12.1 Å². The Bertz CT molecular complexity index is 406. The Kier molecular flexibility index (Phi) is 4.26. The minimum atomic E-state index is -1.08. The number of rotatable bonds is 4. The molecule has 0 aliphatic rings. The van der Waals surface area contributed by atoms with E-state index in [9.17, 15) is 4.79 Å². The minimum Gasteiger partial charge on any atom is -0.493 e. The highest BCUT2D eigenvalue weighted by Gasteiger charge is 2.17. The Morgan fingerprint density at radius 3 is 2.56 bits per heavy atom. The van der Waals surface area contributed by atoms with Crippen molar-refractivity contribution in [1.29, 1.82) is 0 Å². The molecular formula is C10H10Cl2O4. The molecule has 0 unspecified atom stereocenters. The number of aliphatic carboxylic acids is 1. The molecule has 16 heavy (non-hydrogen) atoms. The molecule has 0 bridgehead atoms. The molecular weight excluding hydrogens is 255 g/mol. The third kappa shape index (κ3) is 2.71. The molecule has 0 aliphatic carbocycles. The lowest BCUT2D eigenvalue weighted by Crippen LogP contribution is -2.23. The normalized spacial score (nSPS) is 12.0. The number of carboxylic acids is 1. The van der Waals surface area contributed by atoms with E-state index in [1.165, 1.54) is 26.2 Å². The van der Waals surface area contributed by atoms with Crippen LogP contribution in [0.4, 0.5) is 0 Å². The highest BCUT2D eigenvalue weighted by molar-refractivity contribution is 6.38. The largest absolute Gasteiger partial charge is 0.493 e. The zero-order valence-electron chi connectivity index (χ0n) is 8.66. The molecule has 1 aromatic carbocycles. The third-order valence-corrected chi connectivity index (χ3v) is 2.52. The first kappa shape index (κ1) is 12.9. The van der Waals surface area contributed by atoms with E-state index in [4.69, 9.17) is 37.8 Å². The number of halogens is 2. The van der Waals surface area contributed by atoms with E-state index in [2.05, 4.69) is 0 Å². The molecule has 0 saturated carbocycles. The molecule has 1 atom stereocenters. The third-order valence-electron chi connectivity index (χ3n) is 1.87. The summed E-state index contributed by atoms with van der Waals surface area (Å²) in [5.41, 5.74) is 0. The minimum absolute atomic E-state index is 0.156. The van der Waals surface area contributed by atoms with Gasteiger partial charge in [0, 0.05) is 0 Å². The summed E-state index contributed by atoms with van der Waals surface area (Å²) in [6.45, 7) is 1.40. The molecule has 0 amide bonds.